The van der Waals surface area contributed by atoms with E-state index in [9.17, 15) is 4.79 Å². The average molecular weight is 390 g/mol. The summed E-state index contributed by atoms with van der Waals surface area (Å²) in [5.41, 5.74) is 1.14. The Morgan fingerprint density at radius 2 is 1.96 bits per heavy atom. The lowest BCUT2D eigenvalue weighted by Crippen LogP contribution is -2.61. The van der Waals surface area contributed by atoms with Gasteiger partial charge in [-0.15, -0.1) is 0 Å². The second-order valence-electron chi connectivity index (χ2n) is 9.55. The van der Waals surface area contributed by atoms with Gasteiger partial charge in [-0.2, -0.15) is 0 Å². The van der Waals surface area contributed by atoms with Crippen molar-refractivity contribution in [2.45, 2.75) is 71.3 Å². The van der Waals surface area contributed by atoms with Crippen LogP contribution in [-0.4, -0.2) is 48.4 Å². The van der Waals surface area contributed by atoms with Gasteiger partial charge >= 0.3 is 6.03 Å². The van der Waals surface area contributed by atoms with Crippen molar-refractivity contribution >= 4 is 6.03 Å². The van der Waals surface area contributed by atoms with Gasteiger partial charge in [0.2, 0.25) is 0 Å². The fourth-order valence-electron chi connectivity index (χ4n) is 5.09. The maximum atomic E-state index is 12.5. The Labute approximate surface area is 168 Å². The van der Waals surface area contributed by atoms with E-state index >= 15 is 0 Å². The molecule has 0 spiro atoms. The van der Waals surface area contributed by atoms with Crippen LogP contribution in [0, 0.1) is 17.3 Å². The number of ether oxygens (including phenoxy) is 1. The highest BCUT2D eigenvalue weighted by Gasteiger charge is 2.49. The van der Waals surface area contributed by atoms with E-state index in [0.29, 0.717) is 32.2 Å². The maximum absolute atomic E-state index is 12.5. The summed E-state index contributed by atoms with van der Waals surface area (Å²) in [6.45, 7) is 7.16. The molecule has 2 atom stereocenters. The first kappa shape index (κ1) is 19.7. The molecule has 1 N–H and O–H groups in total. The standard InChI is InChI=1S/C22H35N3O3/c1-22(2)17(14-20(22)23-21(26)25-8-10-27-11-9-25)13-18-15-19(28-24-18)12-16-6-4-3-5-7-16/h15-17,20H,3-14H2,1-2H3,(H,23,26)/t17-,20+/m1/s1. The summed E-state index contributed by atoms with van der Waals surface area (Å²) in [6.07, 6.45) is 9.75. The normalized spacial score (nSPS) is 28.0. The number of morpholine rings is 1. The molecule has 1 saturated heterocycles. The van der Waals surface area contributed by atoms with Crippen molar-refractivity contribution in [1.29, 1.82) is 0 Å². The number of hydrogen-bond donors (Lipinski definition) is 1. The van der Waals surface area contributed by atoms with Gasteiger partial charge in [-0.25, -0.2) is 4.79 Å². The van der Waals surface area contributed by atoms with Crippen LogP contribution < -0.4 is 5.32 Å². The largest absolute Gasteiger partial charge is 0.378 e. The minimum Gasteiger partial charge on any atom is -0.378 e. The number of nitrogens with zero attached hydrogens (tertiary/aromatic N) is 2. The van der Waals surface area contributed by atoms with Crippen molar-refractivity contribution < 1.29 is 14.1 Å². The SMILES string of the molecule is CC1(C)[C@H](Cc2cc(CC3CCCCC3)on2)C[C@@H]1NC(=O)N1CCOCC1. The molecule has 0 aromatic carbocycles. The Bertz CT molecular complexity index is 660. The van der Waals surface area contributed by atoms with Gasteiger partial charge in [-0.1, -0.05) is 51.1 Å². The molecule has 0 bridgehead atoms. The number of aromatic nitrogens is 1. The van der Waals surface area contributed by atoms with Crippen molar-refractivity contribution in [1.82, 2.24) is 15.4 Å². The number of carbonyl (C=O) groups excluding carboxylic acids is 1. The molecular formula is C22H35N3O3. The van der Waals surface area contributed by atoms with Gasteiger partial charge in [0, 0.05) is 31.6 Å². The first-order valence-corrected chi connectivity index (χ1v) is 11.1. The molecule has 4 rings (SSSR count). The van der Waals surface area contributed by atoms with Gasteiger partial charge in [-0.3, -0.25) is 0 Å². The second kappa shape index (κ2) is 8.44. The zero-order chi connectivity index (χ0) is 19.6. The van der Waals surface area contributed by atoms with Crippen molar-refractivity contribution in [3.63, 3.8) is 0 Å². The molecule has 0 unspecified atom stereocenters. The van der Waals surface area contributed by atoms with Crippen LogP contribution in [0.5, 0.6) is 0 Å². The smallest absolute Gasteiger partial charge is 0.317 e. The molecule has 6 nitrogen and oxygen atoms in total. The Balaban J connectivity index is 1.26. The van der Waals surface area contributed by atoms with Crippen LogP contribution >= 0.6 is 0 Å². The van der Waals surface area contributed by atoms with Gasteiger partial charge in [0.1, 0.15) is 5.76 Å². The van der Waals surface area contributed by atoms with Crippen LogP contribution in [-0.2, 0) is 17.6 Å². The fourth-order valence-corrected chi connectivity index (χ4v) is 5.09. The Morgan fingerprint density at radius 1 is 1.21 bits per heavy atom. The molecule has 3 aliphatic rings. The van der Waals surface area contributed by atoms with E-state index in [4.69, 9.17) is 9.26 Å². The first-order valence-electron chi connectivity index (χ1n) is 11.1. The summed E-state index contributed by atoms with van der Waals surface area (Å²) in [5, 5.41) is 7.58. The van der Waals surface area contributed by atoms with Gasteiger partial charge in [0.05, 0.1) is 18.9 Å². The molecule has 6 heteroatoms. The summed E-state index contributed by atoms with van der Waals surface area (Å²) in [5.74, 6) is 2.35. The van der Waals surface area contributed by atoms with Crippen molar-refractivity contribution in [3.8, 4) is 0 Å². The summed E-state index contributed by atoms with van der Waals surface area (Å²) in [6, 6.07) is 2.45. The number of amides is 2. The molecule has 0 radical (unpaired) electrons. The quantitative estimate of drug-likeness (QED) is 0.832. The Kier molecular flexibility index (Phi) is 5.95. The number of nitrogens with one attached hydrogen (secondary N) is 1. The number of rotatable bonds is 5. The highest BCUT2D eigenvalue weighted by Crippen LogP contribution is 2.47. The van der Waals surface area contributed by atoms with E-state index in [0.717, 1.165) is 36.6 Å². The lowest BCUT2D eigenvalue weighted by molar-refractivity contribution is 0.0101. The molecule has 28 heavy (non-hydrogen) atoms. The van der Waals surface area contributed by atoms with Crippen molar-refractivity contribution in [2.75, 3.05) is 26.3 Å². The summed E-state index contributed by atoms with van der Waals surface area (Å²) in [4.78, 5) is 14.3. The third kappa shape index (κ3) is 4.37. The van der Waals surface area contributed by atoms with Crippen LogP contribution in [0.15, 0.2) is 10.6 Å². The minimum absolute atomic E-state index is 0.0519. The predicted octanol–water partition coefficient (Wildman–Crippen LogP) is 3.80. The highest BCUT2D eigenvalue weighted by molar-refractivity contribution is 5.74. The summed E-state index contributed by atoms with van der Waals surface area (Å²) >= 11 is 0. The van der Waals surface area contributed by atoms with Gasteiger partial charge < -0.3 is 19.5 Å². The molecule has 2 amide bonds. The van der Waals surface area contributed by atoms with Crippen molar-refractivity contribution in [2.24, 2.45) is 17.3 Å². The lowest BCUT2D eigenvalue weighted by atomic mass is 9.57. The third-order valence-corrected chi connectivity index (χ3v) is 7.34. The van der Waals surface area contributed by atoms with Crippen LogP contribution in [0.3, 0.4) is 0 Å². The zero-order valence-electron chi connectivity index (χ0n) is 17.4. The van der Waals surface area contributed by atoms with E-state index in [1.54, 1.807) is 0 Å². The van der Waals surface area contributed by atoms with Crippen LogP contribution in [0.2, 0.25) is 0 Å². The lowest BCUT2D eigenvalue weighted by Gasteiger charge is -2.52. The fraction of sp³-hybridized carbons (Fsp3) is 0.818. The van der Waals surface area contributed by atoms with E-state index in [1.807, 2.05) is 4.90 Å². The van der Waals surface area contributed by atoms with E-state index in [1.165, 1.54) is 32.1 Å². The van der Waals surface area contributed by atoms with Crippen molar-refractivity contribution in [3.05, 3.63) is 17.5 Å². The molecule has 1 aromatic heterocycles. The van der Waals surface area contributed by atoms with Gasteiger partial charge in [0.15, 0.2) is 0 Å². The van der Waals surface area contributed by atoms with E-state index in [-0.39, 0.29) is 17.5 Å². The molecule has 156 valence electrons. The number of hydrogen-bond acceptors (Lipinski definition) is 4. The van der Waals surface area contributed by atoms with Crippen LogP contribution in [0.25, 0.3) is 0 Å². The monoisotopic (exact) mass is 389 g/mol. The Morgan fingerprint density at radius 3 is 2.68 bits per heavy atom. The van der Waals surface area contributed by atoms with E-state index < -0.39 is 0 Å². The summed E-state index contributed by atoms with van der Waals surface area (Å²) < 4.78 is 11.0. The first-order chi connectivity index (χ1) is 13.5. The highest BCUT2D eigenvalue weighted by atomic mass is 16.5. The van der Waals surface area contributed by atoms with Gasteiger partial charge in [-0.05, 0) is 30.1 Å². The predicted molar refractivity (Wildman–Crippen MR) is 107 cm³/mol. The molecule has 2 aliphatic carbocycles. The Hall–Kier alpha value is -1.56. The van der Waals surface area contributed by atoms with Crippen LogP contribution in [0.4, 0.5) is 4.79 Å². The van der Waals surface area contributed by atoms with Crippen LogP contribution in [0.1, 0.15) is 63.8 Å². The number of carbonyl (C=O) groups is 1. The van der Waals surface area contributed by atoms with Gasteiger partial charge in [0.25, 0.3) is 0 Å². The zero-order valence-corrected chi connectivity index (χ0v) is 17.4. The topological polar surface area (TPSA) is 67.6 Å². The molecule has 3 fully saturated rings. The maximum Gasteiger partial charge on any atom is 0.317 e. The molecule has 2 saturated carbocycles. The third-order valence-electron chi connectivity index (χ3n) is 7.34. The summed E-state index contributed by atoms with van der Waals surface area (Å²) in [7, 11) is 0. The molecule has 1 aliphatic heterocycles. The second-order valence-corrected chi connectivity index (χ2v) is 9.55. The molecular weight excluding hydrogens is 354 g/mol. The average Bonchev–Trinajstić information content (AvgIpc) is 3.15. The molecule has 1 aromatic rings. The van der Waals surface area contributed by atoms with E-state index in [2.05, 4.69) is 30.4 Å². The number of urea groups is 1. The molecule has 2 heterocycles. The minimum atomic E-state index is 0.0519.